The summed E-state index contributed by atoms with van der Waals surface area (Å²) in [5.74, 6) is 0. The summed E-state index contributed by atoms with van der Waals surface area (Å²) in [6.45, 7) is 7.11. The van der Waals surface area contributed by atoms with Gasteiger partial charge in [-0.15, -0.1) is 0 Å². The molecule has 4 nitrogen and oxygen atoms in total. The standard InChI is InChI=1S/C7H18O4Si/c1-4-8-7(11-12,9-5-2)10-6-3/h4-6H2,1-3,12H3. The second kappa shape index (κ2) is 6.56. The van der Waals surface area contributed by atoms with E-state index < -0.39 is 6.16 Å². The van der Waals surface area contributed by atoms with Crippen molar-refractivity contribution in [2.75, 3.05) is 19.8 Å². The number of rotatable bonds is 7. The summed E-state index contributed by atoms with van der Waals surface area (Å²) in [4.78, 5) is 0. The minimum absolute atomic E-state index is 0.502. The van der Waals surface area contributed by atoms with Gasteiger partial charge in [0.05, 0.1) is 19.8 Å². The van der Waals surface area contributed by atoms with Crippen LogP contribution in [0.3, 0.4) is 0 Å². The molecule has 0 heterocycles. The molecule has 0 aliphatic carbocycles. The van der Waals surface area contributed by atoms with E-state index in [0.29, 0.717) is 30.3 Å². The predicted molar refractivity (Wildman–Crippen MR) is 48.6 cm³/mol. The topological polar surface area (TPSA) is 36.9 Å². The minimum Gasteiger partial charge on any atom is -0.357 e. The summed E-state index contributed by atoms with van der Waals surface area (Å²) in [6, 6.07) is 0. The lowest BCUT2D eigenvalue weighted by Gasteiger charge is -2.29. The molecule has 0 unspecified atom stereocenters. The van der Waals surface area contributed by atoms with Crippen LogP contribution in [-0.2, 0) is 18.6 Å². The number of hydrogen-bond acceptors (Lipinski definition) is 4. The van der Waals surface area contributed by atoms with E-state index in [0.717, 1.165) is 0 Å². The Hall–Kier alpha value is 0.0569. The van der Waals surface area contributed by atoms with Gasteiger partial charge in [-0.2, -0.15) is 0 Å². The van der Waals surface area contributed by atoms with Gasteiger partial charge in [0, 0.05) is 0 Å². The largest absolute Gasteiger partial charge is 0.402 e. The maximum atomic E-state index is 5.23. The smallest absolute Gasteiger partial charge is 0.357 e. The van der Waals surface area contributed by atoms with Crippen LogP contribution in [0.5, 0.6) is 0 Å². The zero-order valence-electron chi connectivity index (χ0n) is 8.25. The van der Waals surface area contributed by atoms with Crippen molar-refractivity contribution < 1.29 is 18.6 Å². The van der Waals surface area contributed by atoms with Gasteiger partial charge in [-0.25, -0.2) is 0 Å². The summed E-state index contributed by atoms with van der Waals surface area (Å²) in [7, 11) is 0.514. The highest BCUT2D eigenvalue weighted by molar-refractivity contribution is 5.98. The average Bonchev–Trinajstić information content (AvgIpc) is 2.06. The van der Waals surface area contributed by atoms with E-state index in [4.69, 9.17) is 18.6 Å². The molecule has 0 radical (unpaired) electrons. The second-order valence-electron chi connectivity index (χ2n) is 2.00. The van der Waals surface area contributed by atoms with Gasteiger partial charge in [0.2, 0.25) is 0 Å². The highest BCUT2D eigenvalue weighted by Gasteiger charge is 2.31. The van der Waals surface area contributed by atoms with Crippen LogP contribution in [0.1, 0.15) is 20.8 Å². The summed E-state index contributed by atoms with van der Waals surface area (Å²) >= 11 is 0. The van der Waals surface area contributed by atoms with Gasteiger partial charge in [-0.1, -0.05) is 0 Å². The first-order valence-electron chi connectivity index (χ1n) is 4.21. The SMILES string of the molecule is CCOC(O[SiH3])(OCC)OCC. The average molecular weight is 194 g/mol. The maximum Gasteiger partial charge on any atom is 0.402 e. The van der Waals surface area contributed by atoms with Crippen molar-refractivity contribution >= 4 is 10.5 Å². The van der Waals surface area contributed by atoms with Crippen LogP contribution in [0.25, 0.3) is 0 Å². The third-order valence-corrected chi connectivity index (χ3v) is 1.71. The van der Waals surface area contributed by atoms with Crippen LogP contribution in [0.15, 0.2) is 0 Å². The van der Waals surface area contributed by atoms with Crippen LogP contribution in [0.4, 0.5) is 0 Å². The molecule has 0 aliphatic rings. The Bertz CT molecular complexity index is 92.6. The fourth-order valence-electron chi connectivity index (χ4n) is 0.832. The summed E-state index contributed by atoms with van der Waals surface area (Å²) in [6.07, 6.45) is -1.25. The molecule has 0 atom stereocenters. The minimum atomic E-state index is -1.25. The lowest BCUT2D eigenvalue weighted by Crippen LogP contribution is -2.41. The van der Waals surface area contributed by atoms with Crippen molar-refractivity contribution in [2.45, 2.75) is 26.9 Å². The molecule has 0 saturated heterocycles. The molecular formula is C7H18O4Si. The Morgan fingerprint density at radius 1 is 0.917 bits per heavy atom. The van der Waals surface area contributed by atoms with Gasteiger partial charge in [0.1, 0.15) is 0 Å². The van der Waals surface area contributed by atoms with Crippen LogP contribution >= 0.6 is 0 Å². The van der Waals surface area contributed by atoms with Crippen LogP contribution in [0, 0.1) is 0 Å². The third kappa shape index (κ3) is 3.64. The van der Waals surface area contributed by atoms with E-state index in [9.17, 15) is 0 Å². The molecule has 0 aliphatic heterocycles. The van der Waals surface area contributed by atoms with Gasteiger partial charge in [0.25, 0.3) is 0 Å². The summed E-state index contributed by atoms with van der Waals surface area (Å²) in [5, 5.41) is 0. The third-order valence-electron chi connectivity index (χ3n) is 1.21. The molecule has 5 heteroatoms. The quantitative estimate of drug-likeness (QED) is 0.422. The molecule has 0 bridgehead atoms. The summed E-state index contributed by atoms with van der Waals surface area (Å²) < 4.78 is 20.8. The Morgan fingerprint density at radius 2 is 1.25 bits per heavy atom. The van der Waals surface area contributed by atoms with Gasteiger partial charge >= 0.3 is 6.16 Å². The van der Waals surface area contributed by atoms with E-state index in [2.05, 4.69) is 0 Å². The van der Waals surface area contributed by atoms with E-state index in [1.54, 1.807) is 0 Å². The number of ether oxygens (including phenoxy) is 3. The highest BCUT2D eigenvalue weighted by Crippen LogP contribution is 2.15. The number of hydrogen-bond donors (Lipinski definition) is 0. The van der Waals surface area contributed by atoms with Crippen LogP contribution in [0.2, 0.25) is 0 Å². The molecular weight excluding hydrogens is 176 g/mol. The molecule has 0 fully saturated rings. The van der Waals surface area contributed by atoms with Gasteiger partial charge < -0.3 is 18.6 Å². The predicted octanol–water partition coefficient (Wildman–Crippen LogP) is 0.00420. The zero-order valence-corrected chi connectivity index (χ0v) is 10.3. The lowest BCUT2D eigenvalue weighted by molar-refractivity contribution is -0.468. The second-order valence-corrected chi connectivity index (χ2v) is 2.41. The van der Waals surface area contributed by atoms with Gasteiger partial charge in [-0.3, -0.25) is 0 Å². The first-order valence-corrected chi connectivity index (χ1v) is 5.03. The lowest BCUT2D eigenvalue weighted by atomic mass is 10.8. The van der Waals surface area contributed by atoms with Gasteiger partial charge in [-0.05, 0) is 20.8 Å². The molecule has 0 aromatic carbocycles. The van der Waals surface area contributed by atoms with E-state index in [1.165, 1.54) is 0 Å². The molecule has 0 saturated carbocycles. The Balaban J connectivity index is 4.06. The fourth-order valence-corrected chi connectivity index (χ4v) is 1.19. The van der Waals surface area contributed by atoms with Crippen molar-refractivity contribution in [3.05, 3.63) is 0 Å². The van der Waals surface area contributed by atoms with E-state index >= 15 is 0 Å². The molecule has 0 spiro atoms. The van der Waals surface area contributed by atoms with Crippen LogP contribution < -0.4 is 0 Å². The Kier molecular flexibility index (Phi) is 6.59. The Morgan fingerprint density at radius 3 is 1.42 bits per heavy atom. The molecule has 0 amide bonds. The van der Waals surface area contributed by atoms with Crippen LogP contribution in [-0.4, -0.2) is 36.5 Å². The maximum absolute atomic E-state index is 5.23. The monoisotopic (exact) mass is 194 g/mol. The van der Waals surface area contributed by atoms with Gasteiger partial charge in [0.15, 0.2) is 10.5 Å². The van der Waals surface area contributed by atoms with Crippen molar-refractivity contribution in [1.29, 1.82) is 0 Å². The molecule has 12 heavy (non-hydrogen) atoms. The van der Waals surface area contributed by atoms with Crippen molar-refractivity contribution in [2.24, 2.45) is 0 Å². The van der Waals surface area contributed by atoms with E-state index in [-0.39, 0.29) is 0 Å². The highest BCUT2D eigenvalue weighted by atomic mass is 28.2. The van der Waals surface area contributed by atoms with Crippen molar-refractivity contribution in [3.8, 4) is 0 Å². The molecule has 74 valence electrons. The zero-order chi connectivity index (χ0) is 9.45. The molecule has 0 N–H and O–H groups in total. The molecule has 0 rings (SSSR count). The fraction of sp³-hybridized carbons (Fsp3) is 1.00. The normalized spacial score (nSPS) is 12.2. The first-order chi connectivity index (χ1) is 5.74. The van der Waals surface area contributed by atoms with Crippen molar-refractivity contribution in [1.82, 2.24) is 0 Å². The molecule has 0 aromatic heterocycles. The van der Waals surface area contributed by atoms with Crippen molar-refractivity contribution in [3.63, 3.8) is 0 Å². The first kappa shape index (κ1) is 12.1. The summed E-state index contributed by atoms with van der Waals surface area (Å²) in [5.41, 5.74) is 0. The van der Waals surface area contributed by atoms with E-state index in [1.807, 2.05) is 20.8 Å². The molecule has 0 aromatic rings. The Labute approximate surface area is 76.7 Å².